The molecule has 0 aromatic heterocycles. The Bertz CT molecular complexity index is 485. The Kier molecular flexibility index (Phi) is 3.90. The van der Waals surface area contributed by atoms with Crippen LogP contribution in [0.3, 0.4) is 0 Å². The lowest BCUT2D eigenvalue weighted by Gasteiger charge is -2.32. The van der Waals surface area contributed by atoms with E-state index in [1.165, 1.54) is 13.2 Å². The van der Waals surface area contributed by atoms with E-state index >= 15 is 0 Å². The number of halogens is 1. The van der Waals surface area contributed by atoms with Crippen molar-refractivity contribution in [1.82, 2.24) is 0 Å². The lowest BCUT2D eigenvalue weighted by molar-refractivity contribution is 0.0602. The van der Waals surface area contributed by atoms with Crippen molar-refractivity contribution in [2.75, 3.05) is 30.8 Å². The zero-order chi connectivity index (χ0) is 14.0. The maximum absolute atomic E-state index is 13.9. The number of ether oxygens (including phenoxy) is 1. The summed E-state index contributed by atoms with van der Waals surface area (Å²) in [5, 5.41) is 9.45. The van der Waals surface area contributed by atoms with Gasteiger partial charge in [-0.05, 0) is 25.0 Å². The third kappa shape index (κ3) is 2.78. The molecule has 5 nitrogen and oxygen atoms in total. The number of rotatable bonds is 2. The number of piperidine rings is 1. The second kappa shape index (κ2) is 5.44. The molecule has 6 heteroatoms. The first-order chi connectivity index (χ1) is 9.02. The lowest BCUT2D eigenvalue weighted by atomic mass is 10.1. The SMILES string of the molecule is COC(=O)c1cc(N2CCC(O)CC2)c(F)cc1N. The van der Waals surface area contributed by atoms with Crippen molar-refractivity contribution in [2.45, 2.75) is 18.9 Å². The monoisotopic (exact) mass is 268 g/mol. The summed E-state index contributed by atoms with van der Waals surface area (Å²) in [6.07, 6.45) is 0.822. The molecule has 0 aliphatic carbocycles. The van der Waals surface area contributed by atoms with Crippen LogP contribution in [0.4, 0.5) is 15.8 Å². The van der Waals surface area contributed by atoms with Gasteiger partial charge in [0.05, 0.1) is 24.5 Å². The van der Waals surface area contributed by atoms with Crippen LogP contribution in [0.2, 0.25) is 0 Å². The molecular formula is C13H17FN2O3. The Morgan fingerprint density at radius 2 is 2.11 bits per heavy atom. The molecule has 0 spiro atoms. The molecule has 1 fully saturated rings. The summed E-state index contributed by atoms with van der Waals surface area (Å²) in [4.78, 5) is 13.3. The van der Waals surface area contributed by atoms with Crippen LogP contribution < -0.4 is 10.6 Å². The van der Waals surface area contributed by atoms with Gasteiger partial charge in [-0.3, -0.25) is 0 Å². The highest BCUT2D eigenvalue weighted by Crippen LogP contribution is 2.28. The number of methoxy groups -OCH3 is 1. The van der Waals surface area contributed by atoms with Gasteiger partial charge in [0.25, 0.3) is 0 Å². The van der Waals surface area contributed by atoms with E-state index in [4.69, 9.17) is 5.73 Å². The number of nitrogens with two attached hydrogens (primary N) is 1. The van der Waals surface area contributed by atoms with E-state index in [1.54, 1.807) is 4.90 Å². The van der Waals surface area contributed by atoms with Gasteiger partial charge in [-0.25, -0.2) is 9.18 Å². The number of hydrogen-bond donors (Lipinski definition) is 2. The van der Waals surface area contributed by atoms with Gasteiger partial charge in [-0.15, -0.1) is 0 Å². The van der Waals surface area contributed by atoms with E-state index in [1.807, 2.05) is 0 Å². The number of aliphatic hydroxyl groups is 1. The predicted octanol–water partition coefficient (Wildman–Crippen LogP) is 1.16. The molecular weight excluding hydrogens is 251 g/mol. The van der Waals surface area contributed by atoms with Crippen molar-refractivity contribution >= 4 is 17.3 Å². The number of carbonyl (C=O) groups is 1. The Morgan fingerprint density at radius 1 is 1.47 bits per heavy atom. The second-order valence-corrected chi connectivity index (χ2v) is 4.60. The number of nitrogen functional groups attached to an aromatic ring is 1. The summed E-state index contributed by atoms with van der Waals surface area (Å²) in [7, 11) is 1.25. The number of aliphatic hydroxyl groups excluding tert-OH is 1. The largest absolute Gasteiger partial charge is 0.465 e. The molecule has 1 aromatic carbocycles. The molecule has 0 saturated carbocycles. The molecule has 0 radical (unpaired) electrons. The van der Waals surface area contributed by atoms with Crippen LogP contribution in [-0.4, -0.2) is 37.4 Å². The summed E-state index contributed by atoms with van der Waals surface area (Å²) in [5.74, 6) is -1.06. The molecule has 2 rings (SSSR count). The highest BCUT2D eigenvalue weighted by atomic mass is 19.1. The molecule has 1 aliphatic rings. The first kappa shape index (κ1) is 13.6. The Balaban J connectivity index is 2.32. The highest BCUT2D eigenvalue weighted by Gasteiger charge is 2.22. The summed E-state index contributed by atoms with van der Waals surface area (Å²) in [6, 6.07) is 2.54. The smallest absolute Gasteiger partial charge is 0.340 e. The molecule has 3 N–H and O–H groups in total. The van der Waals surface area contributed by atoms with Gasteiger partial charge in [-0.1, -0.05) is 0 Å². The van der Waals surface area contributed by atoms with Crippen LogP contribution in [0.25, 0.3) is 0 Å². The number of nitrogens with zero attached hydrogens (tertiary/aromatic N) is 1. The van der Waals surface area contributed by atoms with Gasteiger partial charge in [-0.2, -0.15) is 0 Å². The van der Waals surface area contributed by atoms with E-state index in [9.17, 15) is 14.3 Å². The summed E-state index contributed by atoms with van der Waals surface area (Å²) < 4.78 is 18.6. The Morgan fingerprint density at radius 3 is 2.68 bits per heavy atom. The first-order valence-corrected chi connectivity index (χ1v) is 6.13. The number of hydrogen-bond acceptors (Lipinski definition) is 5. The minimum atomic E-state index is -0.587. The van der Waals surface area contributed by atoms with Crippen LogP contribution in [0.1, 0.15) is 23.2 Å². The minimum Gasteiger partial charge on any atom is -0.465 e. The molecule has 19 heavy (non-hydrogen) atoms. The van der Waals surface area contributed by atoms with Crippen LogP contribution in [0.15, 0.2) is 12.1 Å². The normalized spacial score (nSPS) is 16.5. The third-order valence-corrected chi connectivity index (χ3v) is 3.33. The van der Waals surface area contributed by atoms with Crippen LogP contribution in [0.5, 0.6) is 0 Å². The van der Waals surface area contributed by atoms with Crippen LogP contribution in [-0.2, 0) is 4.74 Å². The quantitative estimate of drug-likeness (QED) is 0.621. The van der Waals surface area contributed by atoms with E-state index in [0.717, 1.165) is 6.07 Å². The molecule has 0 atom stereocenters. The van der Waals surface area contributed by atoms with Crippen molar-refractivity contribution in [3.05, 3.63) is 23.5 Å². The van der Waals surface area contributed by atoms with Gasteiger partial charge >= 0.3 is 5.97 Å². The average molecular weight is 268 g/mol. The zero-order valence-electron chi connectivity index (χ0n) is 10.7. The zero-order valence-corrected chi connectivity index (χ0v) is 10.7. The summed E-state index contributed by atoms with van der Waals surface area (Å²) >= 11 is 0. The standard InChI is InChI=1S/C13H17FN2O3/c1-19-13(18)9-6-12(10(14)7-11(9)15)16-4-2-8(17)3-5-16/h6-8,17H,2-5,15H2,1H3. The van der Waals surface area contributed by atoms with Crippen molar-refractivity contribution in [1.29, 1.82) is 0 Å². The third-order valence-electron chi connectivity index (χ3n) is 3.33. The van der Waals surface area contributed by atoms with Crippen molar-refractivity contribution in [2.24, 2.45) is 0 Å². The minimum absolute atomic E-state index is 0.0603. The second-order valence-electron chi connectivity index (χ2n) is 4.60. The molecule has 0 unspecified atom stereocenters. The first-order valence-electron chi connectivity index (χ1n) is 6.13. The van der Waals surface area contributed by atoms with Gasteiger partial charge in [0, 0.05) is 18.8 Å². The molecule has 1 aromatic rings. The van der Waals surface area contributed by atoms with Crippen LogP contribution >= 0.6 is 0 Å². The molecule has 1 heterocycles. The fourth-order valence-electron chi connectivity index (χ4n) is 2.21. The number of carbonyl (C=O) groups excluding carboxylic acids is 1. The lowest BCUT2D eigenvalue weighted by Crippen LogP contribution is -2.36. The Hall–Kier alpha value is -1.82. The van der Waals surface area contributed by atoms with Crippen molar-refractivity contribution in [3.8, 4) is 0 Å². The van der Waals surface area contributed by atoms with Crippen molar-refractivity contribution in [3.63, 3.8) is 0 Å². The topological polar surface area (TPSA) is 75.8 Å². The fourth-order valence-corrected chi connectivity index (χ4v) is 2.21. The van der Waals surface area contributed by atoms with Crippen molar-refractivity contribution < 1.29 is 19.0 Å². The summed E-state index contributed by atoms with van der Waals surface area (Å²) in [6.45, 7) is 1.09. The summed E-state index contributed by atoms with van der Waals surface area (Å²) in [5.41, 5.74) is 6.16. The van der Waals surface area contributed by atoms with Gasteiger partial charge in [0.1, 0.15) is 5.82 Å². The van der Waals surface area contributed by atoms with Crippen LogP contribution in [0, 0.1) is 5.82 Å². The maximum atomic E-state index is 13.9. The Labute approximate surface area is 110 Å². The predicted molar refractivity (Wildman–Crippen MR) is 69.6 cm³/mol. The van der Waals surface area contributed by atoms with Gasteiger partial charge < -0.3 is 20.5 Å². The molecule has 0 amide bonds. The number of benzene rings is 1. The van der Waals surface area contributed by atoms with E-state index < -0.39 is 11.8 Å². The highest BCUT2D eigenvalue weighted by molar-refractivity contribution is 5.96. The molecule has 1 saturated heterocycles. The number of esters is 1. The van der Waals surface area contributed by atoms with E-state index in [0.29, 0.717) is 31.6 Å². The van der Waals surface area contributed by atoms with E-state index in [-0.39, 0.29) is 17.4 Å². The number of anilines is 2. The fraction of sp³-hybridized carbons (Fsp3) is 0.462. The molecule has 1 aliphatic heterocycles. The van der Waals surface area contributed by atoms with Gasteiger partial charge in [0.2, 0.25) is 0 Å². The molecule has 104 valence electrons. The van der Waals surface area contributed by atoms with E-state index in [2.05, 4.69) is 4.74 Å². The van der Waals surface area contributed by atoms with Gasteiger partial charge in [0.15, 0.2) is 0 Å². The molecule has 0 bridgehead atoms. The average Bonchev–Trinajstić information content (AvgIpc) is 2.39. The maximum Gasteiger partial charge on any atom is 0.340 e.